The number of rotatable bonds is 16. The zero-order valence-corrected chi connectivity index (χ0v) is 14.7. The van der Waals surface area contributed by atoms with E-state index >= 15 is 0 Å². The number of hydrogen-bond acceptors (Lipinski definition) is 5. The summed E-state index contributed by atoms with van der Waals surface area (Å²) in [5.41, 5.74) is 0. The molecule has 0 bridgehead atoms. The van der Waals surface area contributed by atoms with E-state index in [2.05, 4.69) is 54.3 Å². The fourth-order valence-electron chi connectivity index (χ4n) is 1.86. The van der Waals surface area contributed by atoms with E-state index in [1.54, 1.807) is 0 Å². The largest absolute Gasteiger partial charge is 0.315 e. The van der Waals surface area contributed by atoms with Gasteiger partial charge in [0, 0.05) is 52.4 Å². The molecule has 0 rings (SSSR count). The van der Waals surface area contributed by atoms with Gasteiger partial charge < -0.3 is 26.6 Å². The highest BCUT2D eigenvalue weighted by Gasteiger charge is 1.93. The minimum absolute atomic E-state index is 0.736. The molecular formula is C16H39N5. The van der Waals surface area contributed by atoms with Gasteiger partial charge in [0.25, 0.3) is 0 Å². The van der Waals surface area contributed by atoms with Crippen LogP contribution in [0.25, 0.3) is 0 Å². The van der Waals surface area contributed by atoms with Crippen molar-refractivity contribution in [1.29, 1.82) is 0 Å². The molecule has 0 aromatic carbocycles. The summed E-state index contributed by atoms with van der Waals surface area (Å²) < 4.78 is 0. The van der Waals surface area contributed by atoms with Crippen molar-refractivity contribution in [3.05, 3.63) is 0 Å². The summed E-state index contributed by atoms with van der Waals surface area (Å²) >= 11 is 0. The molecule has 0 amide bonds. The van der Waals surface area contributed by atoms with Crippen LogP contribution in [0.3, 0.4) is 0 Å². The quantitative estimate of drug-likeness (QED) is 0.265. The molecule has 0 fully saturated rings. The van der Waals surface area contributed by atoms with Gasteiger partial charge in [-0.25, -0.2) is 0 Å². The van der Waals surface area contributed by atoms with Crippen LogP contribution in [0.5, 0.6) is 0 Å². The predicted molar refractivity (Wildman–Crippen MR) is 94.0 cm³/mol. The van der Waals surface area contributed by atoms with Gasteiger partial charge >= 0.3 is 0 Å². The normalized spacial score (nSPS) is 11.7. The topological polar surface area (TPSA) is 60.1 Å². The molecule has 0 saturated carbocycles. The van der Waals surface area contributed by atoms with E-state index in [0.29, 0.717) is 0 Å². The van der Waals surface area contributed by atoms with Crippen molar-refractivity contribution in [2.24, 2.45) is 11.8 Å². The highest BCUT2D eigenvalue weighted by atomic mass is 15.0. The van der Waals surface area contributed by atoms with Crippen LogP contribution in [0.15, 0.2) is 0 Å². The lowest BCUT2D eigenvalue weighted by atomic mass is 10.2. The molecule has 0 aliphatic rings. The van der Waals surface area contributed by atoms with Crippen molar-refractivity contribution in [2.75, 3.05) is 65.4 Å². The molecule has 0 radical (unpaired) electrons. The second-order valence-electron chi connectivity index (χ2n) is 6.45. The van der Waals surface area contributed by atoms with Gasteiger partial charge in [0.1, 0.15) is 0 Å². The molecule has 5 heteroatoms. The minimum atomic E-state index is 0.736. The van der Waals surface area contributed by atoms with E-state index < -0.39 is 0 Å². The molecule has 0 spiro atoms. The molecule has 0 unspecified atom stereocenters. The minimum Gasteiger partial charge on any atom is -0.315 e. The zero-order valence-electron chi connectivity index (χ0n) is 14.7. The lowest BCUT2D eigenvalue weighted by Crippen LogP contribution is -2.37. The lowest BCUT2D eigenvalue weighted by molar-refractivity contribution is 0.520. The average molecular weight is 302 g/mol. The molecule has 0 saturated heterocycles. The predicted octanol–water partition coefficient (Wildman–Crippen LogP) is 0.246. The van der Waals surface area contributed by atoms with Gasteiger partial charge in [0.15, 0.2) is 0 Å². The van der Waals surface area contributed by atoms with Crippen molar-refractivity contribution in [3.63, 3.8) is 0 Å². The molecular weight excluding hydrogens is 262 g/mol. The van der Waals surface area contributed by atoms with Gasteiger partial charge in [-0.15, -0.1) is 0 Å². The lowest BCUT2D eigenvalue weighted by Gasteiger charge is -2.10. The molecule has 5 N–H and O–H groups in total. The Kier molecular flexibility index (Phi) is 16.0. The molecule has 0 aliphatic carbocycles. The fourth-order valence-corrected chi connectivity index (χ4v) is 1.86. The summed E-state index contributed by atoms with van der Waals surface area (Å²) in [6.45, 7) is 19.5. The first kappa shape index (κ1) is 20.8. The van der Waals surface area contributed by atoms with Crippen LogP contribution < -0.4 is 26.6 Å². The van der Waals surface area contributed by atoms with Crippen LogP contribution in [-0.2, 0) is 0 Å². The Hall–Kier alpha value is -0.200. The average Bonchev–Trinajstić information content (AvgIpc) is 2.42. The van der Waals surface area contributed by atoms with Crippen molar-refractivity contribution in [2.45, 2.75) is 27.7 Å². The summed E-state index contributed by atoms with van der Waals surface area (Å²) in [7, 11) is 0. The van der Waals surface area contributed by atoms with E-state index in [9.17, 15) is 0 Å². The summed E-state index contributed by atoms with van der Waals surface area (Å²) in [6.07, 6.45) is 0. The van der Waals surface area contributed by atoms with Gasteiger partial charge in [-0.2, -0.15) is 0 Å². The molecule has 0 aromatic rings. The van der Waals surface area contributed by atoms with Crippen LogP contribution in [0.2, 0.25) is 0 Å². The Bertz CT molecular complexity index is 177. The van der Waals surface area contributed by atoms with E-state index in [-0.39, 0.29) is 0 Å². The Morgan fingerprint density at radius 2 is 0.667 bits per heavy atom. The third-order valence-electron chi connectivity index (χ3n) is 3.02. The van der Waals surface area contributed by atoms with Crippen molar-refractivity contribution < 1.29 is 0 Å². The van der Waals surface area contributed by atoms with E-state index in [1.165, 1.54) is 0 Å². The van der Waals surface area contributed by atoms with Crippen LogP contribution in [0, 0.1) is 11.8 Å². The molecule has 0 heterocycles. The van der Waals surface area contributed by atoms with Crippen LogP contribution in [-0.4, -0.2) is 65.4 Å². The summed E-state index contributed by atoms with van der Waals surface area (Å²) in [4.78, 5) is 0. The first-order chi connectivity index (χ1) is 10.1. The maximum atomic E-state index is 3.44. The van der Waals surface area contributed by atoms with Crippen LogP contribution in [0.4, 0.5) is 0 Å². The van der Waals surface area contributed by atoms with Crippen LogP contribution >= 0.6 is 0 Å². The van der Waals surface area contributed by atoms with Gasteiger partial charge in [0.05, 0.1) is 0 Å². The van der Waals surface area contributed by atoms with Crippen molar-refractivity contribution >= 4 is 0 Å². The highest BCUT2D eigenvalue weighted by molar-refractivity contribution is 4.58. The van der Waals surface area contributed by atoms with Gasteiger partial charge in [-0.3, -0.25) is 0 Å². The second kappa shape index (κ2) is 16.2. The monoisotopic (exact) mass is 301 g/mol. The number of nitrogens with one attached hydrogen (secondary N) is 5. The molecule has 21 heavy (non-hydrogen) atoms. The number of hydrogen-bond donors (Lipinski definition) is 5. The zero-order chi connectivity index (χ0) is 15.8. The van der Waals surface area contributed by atoms with E-state index in [4.69, 9.17) is 0 Å². The molecule has 0 atom stereocenters. The Labute approximate surface area is 132 Å². The Morgan fingerprint density at radius 3 is 0.905 bits per heavy atom. The van der Waals surface area contributed by atoms with Gasteiger partial charge in [-0.1, -0.05) is 27.7 Å². The maximum Gasteiger partial charge on any atom is 0.00772 e. The van der Waals surface area contributed by atoms with Crippen molar-refractivity contribution in [1.82, 2.24) is 26.6 Å². The van der Waals surface area contributed by atoms with Crippen molar-refractivity contribution in [3.8, 4) is 0 Å². The molecule has 0 aromatic heterocycles. The molecule has 0 aliphatic heterocycles. The highest BCUT2D eigenvalue weighted by Crippen LogP contribution is 1.85. The summed E-state index contributed by atoms with van der Waals surface area (Å²) in [6, 6.07) is 0. The first-order valence-corrected chi connectivity index (χ1v) is 8.66. The third kappa shape index (κ3) is 19.8. The molecule has 128 valence electrons. The SMILES string of the molecule is CC(C)CNCCNCCNCCNCCNCC(C)C. The fraction of sp³-hybridized carbons (Fsp3) is 1.00. The summed E-state index contributed by atoms with van der Waals surface area (Å²) in [5, 5.41) is 17.2. The van der Waals surface area contributed by atoms with E-state index in [1.807, 2.05) is 0 Å². The first-order valence-electron chi connectivity index (χ1n) is 8.66. The van der Waals surface area contributed by atoms with Gasteiger partial charge in [0.2, 0.25) is 0 Å². The standard InChI is InChI=1S/C16H39N5/c1-15(2)13-20-11-9-18-7-5-17-6-8-19-10-12-21-14-16(3)4/h15-21H,5-14H2,1-4H3. The molecule has 5 nitrogen and oxygen atoms in total. The second-order valence-corrected chi connectivity index (χ2v) is 6.45. The van der Waals surface area contributed by atoms with Gasteiger partial charge in [-0.05, 0) is 24.9 Å². The van der Waals surface area contributed by atoms with E-state index in [0.717, 1.165) is 77.3 Å². The third-order valence-corrected chi connectivity index (χ3v) is 3.02. The Morgan fingerprint density at radius 1 is 0.429 bits per heavy atom. The maximum absolute atomic E-state index is 3.44. The summed E-state index contributed by atoms with van der Waals surface area (Å²) in [5.74, 6) is 1.47. The van der Waals surface area contributed by atoms with Crippen LogP contribution in [0.1, 0.15) is 27.7 Å². The smallest absolute Gasteiger partial charge is 0.00772 e. The Balaban J connectivity index is 2.96.